The number of hydrogen-bond donors (Lipinski definition) is 2. The zero-order valence-corrected chi connectivity index (χ0v) is 15.9. The number of aryl methyl sites for hydroxylation is 1. The Labute approximate surface area is 154 Å². The summed E-state index contributed by atoms with van der Waals surface area (Å²) in [6, 6.07) is 10.3. The molecule has 2 N–H and O–H groups in total. The van der Waals surface area contributed by atoms with Crippen LogP contribution in [-0.2, 0) is 27.8 Å². The van der Waals surface area contributed by atoms with Gasteiger partial charge in [-0.25, -0.2) is 8.42 Å². The Morgan fingerprint density at radius 2 is 1.77 bits per heavy atom. The van der Waals surface area contributed by atoms with E-state index < -0.39 is 10.0 Å². The zero-order chi connectivity index (χ0) is 18.9. The predicted octanol–water partition coefficient (Wildman–Crippen LogP) is 3.39. The van der Waals surface area contributed by atoms with E-state index in [1.807, 2.05) is 26.0 Å². The number of anilines is 1. The number of carbonyl (C=O) groups excluding carboxylic acids is 1. The summed E-state index contributed by atoms with van der Waals surface area (Å²) in [7, 11) is -3.67. The molecule has 0 atom stereocenters. The van der Waals surface area contributed by atoms with Crippen LogP contribution in [0, 0.1) is 6.92 Å². The van der Waals surface area contributed by atoms with Crippen LogP contribution in [0.5, 0.6) is 0 Å². The number of nitrogens with one attached hydrogen (secondary N) is 2. The third-order valence-electron chi connectivity index (χ3n) is 4.55. The first-order valence-electron chi connectivity index (χ1n) is 8.44. The van der Waals surface area contributed by atoms with E-state index >= 15 is 0 Å². The van der Waals surface area contributed by atoms with Gasteiger partial charge < -0.3 is 5.32 Å². The minimum absolute atomic E-state index is 0.125. The van der Waals surface area contributed by atoms with Gasteiger partial charge in [-0.2, -0.15) is 0 Å². The summed E-state index contributed by atoms with van der Waals surface area (Å²) in [5.41, 5.74) is 5.96. The van der Waals surface area contributed by atoms with Crippen LogP contribution in [0.2, 0.25) is 0 Å². The standard InChI is InChI=1S/C20H22N2O3S/c1-13-4-10-18-19(11-5-14(2)20(13)18)22-26(24,25)17-8-6-16(7-9-17)12-21-15(3)23/h4-9,11,22H,10,12H2,1-3H3,(H,21,23). The summed E-state index contributed by atoms with van der Waals surface area (Å²) in [6.45, 7) is 5.90. The van der Waals surface area contributed by atoms with Gasteiger partial charge in [0.2, 0.25) is 5.91 Å². The van der Waals surface area contributed by atoms with Crippen molar-refractivity contribution in [3.8, 4) is 0 Å². The van der Waals surface area contributed by atoms with Gasteiger partial charge in [-0.15, -0.1) is 0 Å². The first-order chi connectivity index (χ1) is 12.3. The number of sulfonamides is 1. The fourth-order valence-electron chi connectivity index (χ4n) is 3.20. The van der Waals surface area contributed by atoms with Gasteiger partial charge in [0.15, 0.2) is 0 Å². The van der Waals surface area contributed by atoms with E-state index in [1.165, 1.54) is 12.5 Å². The largest absolute Gasteiger partial charge is 0.352 e. The molecule has 1 aliphatic carbocycles. The molecule has 2 aromatic rings. The van der Waals surface area contributed by atoms with E-state index in [9.17, 15) is 13.2 Å². The molecule has 0 saturated heterocycles. The Hall–Kier alpha value is -2.60. The quantitative estimate of drug-likeness (QED) is 0.847. The molecule has 0 saturated carbocycles. The van der Waals surface area contributed by atoms with Crippen LogP contribution in [-0.4, -0.2) is 14.3 Å². The SMILES string of the molecule is CC(=O)NCc1ccc(S(=O)(=O)Nc2ccc(C)c3c2CC=C3C)cc1. The minimum atomic E-state index is -3.67. The Morgan fingerprint density at radius 3 is 2.42 bits per heavy atom. The summed E-state index contributed by atoms with van der Waals surface area (Å²) in [5, 5.41) is 2.69. The van der Waals surface area contributed by atoms with Crippen molar-refractivity contribution in [1.82, 2.24) is 5.32 Å². The van der Waals surface area contributed by atoms with E-state index in [0.29, 0.717) is 12.2 Å². The van der Waals surface area contributed by atoms with Crippen molar-refractivity contribution >= 4 is 27.2 Å². The van der Waals surface area contributed by atoms with Crippen molar-refractivity contribution in [2.75, 3.05) is 4.72 Å². The molecule has 0 bridgehead atoms. The van der Waals surface area contributed by atoms with Crippen molar-refractivity contribution in [3.05, 3.63) is 64.7 Å². The van der Waals surface area contributed by atoms with E-state index in [1.54, 1.807) is 24.3 Å². The number of fused-ring (bicyclic) bond motifs is 1. The van der Waals surface area contributed by atoms with Crippen molar-refractivity contribution in [1.29, 1.82) is 0 Å². The highest BCUT2D eigenvalue weighted by molar-refractivity contribution is 7.92. The first-order valence-corrected chi connectivity index (χ1v) is 9.92. The van der Waals surface area contributed by atoms with Gasteiger partial charge in [-0.3, -0.25) is 9.52 Å². The van der Waals surface area contributed by atoms with Crippen LogP contribution < -0.4 is 10.0 Å². The molecule has 3 rings (SSSR count). The molecule has 0 unspecified atom stereocenters. The smallest absolute Gasteiger partial charge is 0.261 e. The number of amides is 1. The van der Waals surface area contributed by atoms with E-state index in [0.717, 1.165) is 28.7 Å². The van der Waals surface area contributed by atoms with Crippen LogP contribution in [0.1, 0.15) is 36.1 Å². The first kappa shape index (κ1) is 18.2. The lowest BCUT2D eigenvalue weighted by molar-refractivity contribution is -0.119. The topological polar surface area (TPSA) is 75.3 Å². The summed E-state index contributed by atoms with van der Waals surface area (Å²) in [6.07, 6.45) is 2.85. The van der Waals surface area contributed by atoms with Crippen LogP contribution in [0.15, 0.2) is 47.4 Å². The Balaban J connectivity index is 1.83. The number of carbonyl (C=O) groups is 1. The van der Waals surface area contributed by atoms with Crippen molar-refractivity contribution < 1.29 is 13.2 Å². The molecule has 1 aliphatic rings. The highest BCUT2D eigenvalue weighted by Crippen LogP contribution is 2.35. The minimum Gasteiger partial charge on any atom is -0.352 e. The maximum absolute atomic E-state index is 12.7. The lowest BCUT2D eigenvalue weighted by atomic mass is 9.99. The molecule has 1 amide bonds. The second-order valence-electron chi connectivity index (χ2n) is 6.53. The van der Waals surface area contributed by atoms with Crippen LogP contribution >= 0.6 is 0 Å². The fraction of sp³-hybridized carbons (Fsp3) is 0.250. The highest BCUT2D eigenvalue weighted by atomic mass is 32.2. The van der Waals surface area contributed by atoms with E-state index in [4.69, 9.17) is 0 Å². The number of benzene rings is 2. The van der Waals surface area contributed by atoms with E-state index in [2.05, 4.69) is 16.1 Å². The molecule has 0 fully saturated rings. The lowest BCUT2D eigenvalue weighted by Gasteiger charge is -2.15. The maximum atomic E-state index is 12.7. The third kappa shape index (κ3) is 3.65. The van der Waals surface area contributed by atoms with Gasteiger partial charge >= 0.3 is 0 Å². The van der Waals surface area contributed by atoms with Gasteiger partial charge in [0.05, 0.1) is 10.6 Å². The average Bonchev–Trinajstić information content (AvgIpc) is 2.99. The number of allylic oxidation sites excluding steroid dienone is 2. The molecule has 5 nitrogen and oxygen atoms in total. The summed E-state index contributed by atoms with van der Waals surface area (Å²) >= 11 is 0. The molecule has 2 aromatic carbocycles. The average molecular weight is 370 g/mol. The zero-order valence-electron chi connectivity index (χ0n) is 15.1. The molecular weight excluding hydrogens is 348 g/mol. The molecule has 0 heterocycles. The normalized spacial score (nSPS) is 13.1. The van der Waals surface area contributed by atoms with Gasteiger partial charge in [0, 0.05) is 13.5 Å². The van der Waals surface area contributed by atoms with Gasteiger partial charge in [-0.1, -0.05) is 24.3 Å². The molecule has 0 aromatic heterocycles. The van der Waals surface area contributed by atoms with Crippen LogP contribution in [0.25, 0.3) is 5.57 Å². The fourth-order valence-corrected chi connectivity index (χ4v) is 4.29. The predicted molar refractivity (Wildman–Crippen MR) is 103 cm³/mol. The summed E-state index contributed by atoms with van der Waals surface area (Å²) in [4.78, 5) is 11.2. The number of hydrogen-bond acceptors (Lipinski definition) is 3. The van der Waals surface area contributed by atoms with Crippen molar-refractivity contribution in [2.45, 2.75) is 38.6 Å². The Kier molecular flexibility index (Phi) is 4.87. The molecule has 6 heteroatoms. The van der Waals surface area contributed by atoms with Crippen LogP contribution in [0.3, 0.4) is 0 Å². The second kappa shape index (κ2) is 6.96. The van der Waals surface area contributed by atoms with Crippen molar-refractivity contribution in [3.63, 3.8) is 0 Å². The Morgan fingerprint density at radius 1 is 1.08 bits per heavy atom. The lowest BCUT2D eigenvalue weighted by Crippen LogP contribution is -2.19. The molecule has 0 spiro atoms. The molecule has 0 aliphatic heterocycles. The molecule has 136 valence electrons. The summed E-state index contributed by atoms with van der Waals surface area (Å²) < 4.78 is 28.2. The molecule has 0 radical (unpaired) electrons. The highest BCUT2D eigenvalue weighted by Gasteiger charge is 2.21. The van der Waals surface area contributed by atoms with Gasteiger partial charge in [0.1, 0.15) is 0 Å². The van der Waals surface area contributed by atoms with Gasteiger partial charge in [-0.05, 0) is 66.3 Å². The molecule has 26 heavy (non-hydrogen) atoms. The van der Waals surface area contributed by atoms with Crippen molar-refractivity contribution in [2.24, 2.45) is 0 Å². The van der Waals surface area contributed by atoms with Crippen LogP contribution in [0.4, 0.5) is 5.69 Å². The number of rotatable bonds is 5. The second-order valence-corrected chi connectivity index (χ2v) is 8.22. The summed E-state index contributed by atoms with van der Waals surface area (Å²) in [5.74, 6) is -0.125. The van der Waals surface area contributed by atoms with E-state index in [-0.39, 0.29) is 10.8 Å². The monoisotopic (exact) mass is 370 g/mol. The van der Waals surface area contributed by atoms with Gasteiger partial charge in [0.25, 0.3) is 10.0 Å². The third-order valence-corrected chi connectivity index (χ3v) is 5.93. The Bertz CT molecular complexity index is 990. The maximum Gasteiger partial charge on any atom is 0.261 e. The molecular formula is C20H22N2O3S.